The van der Waals surface area contributed by atoms with Crippen LogP contribution in [-0.2, 0) is 0 Å². The molecule has 0 aromatic heterocycles. The minimum absolute atomic E-state index is 0.0987. The summed E-state index contributed by atoms with van der Waals surface area (Å²) in [5.41, 5.74) is 0. The number of aliphatic hydroxyl groups is 2. The van der Waals surface area contributed by atoms with E-state index in [1.807, 2.05) is 7.05 Å². The van der Waals surface area contributed by atoms with Crippen molar-refractivity contribution in [2.24, 2.45) is 5.92 Å². The summed E-state index contributed by atoms with van der Waals surface area (Å²) in [5.74, 6) is 0.306. The molecule has 0 aromatic rings. The van der Waals surface area contributed by atoms with Gasteiger partial charge in [0.1, 0.15) is 0 Å². The van der Waals surface area contributed by atoms with Gasteiger partial charge in [-0.3, -0.25) is 0 Å². The molecule has 0 radical (unpaired) electrons. The molecule has 0 spiro atoms. The van der Waals surface area contributed by atoms with E-state index in [4.69, 9.17) is 10.2 Å². The van der Waals surface area contributed by atoms with Gasteiger partial charge in [-0.25, -0.2) is 0 Å². The number of aliphatic hydroxyl groups excluding tert-OH is 2. The third-order valence-electron chi connectivity index (χ3n) is 1.82. The van der Waals surface area contributed by atoms with Crippen molar-refractivity contribution in [3.63, 3.8) is 0 Å². The van der Waals surface area contributed by atoms with Crippen LogP contribution in [0.3, 0.4) is 0 Å². The topological polar surface area (TPSA) is 43.7 Å². The highest BCUT2D eigenvalue weighted by Gasteiger charge is 2.28. The van der Waals surface area contributed by atoms with E-state index in [1.165, 1.54) is 0 Å². The molecule has 0 aromatic carbocycles. The van der Waals surface area contributed by atoms with E-state index in [9.17, 15) is 0 Å². The molecular formula is C6H13NO2. The first-order valence-corrected chi connectivity index (χ1v) is 3.21. The van der Waals surface area contributed by atoms with Crippen LogP contribution in [0.25, 0.3) is 0 Å². The van der Waals surface area contributed by atoms with E-state index in [2.05, 4.69) is 4.90 Å². The summed E-state index contributed by atoms with van der Waals surface area (Å²) in [6.45, 7) is 1.74. The van der Waals surface area contributed by atoms with Gasteiger partial charge < -0.3 is 15.1 Å². The molecule has 3 heteroatoms. The van der Waals surface area contributed by atoms with Gasteiger partial charge in [0, 0.05) is 19.0 Å². The van der Waals surface area contributed by atoms with Crippen LogP contribution in [0.1, 0.15) is 0 Å². The summed E-state index contributed by atoms with van der Waals surface area (Å²) in [6, 6.07) is 0. The molecule has 1 fully saturated rings. The maximum Gasteiger partial charge on any atom is 0.0823 e. The van der Waals surface area contributed by atoms with Crippen molar-refractivity contribution in [3.05, 3.63) is 0 Å². The Kier molecular flexibility index (Phi) is 2.05. The molecule has 1 unspecified atom stereocenters. The van der Waals surface area contributed by atoms with E-state index in [-0.39, 0.29) is 6.61 Å². The van der Waals surface area contributed by atoms with Crippen LogP contribution in [0, 0.1) is 5.92 Å². The van der Waals surface area contributed by atoms with E-state index in [0.717, 1.165) is 13.1 Å². The van der Waals surface area contributed by atoms with E-state index in [0.29, 0.717) is 5.92 Å². The fourth-order valence-electron chi connectivity index (χ4n) is 1.14. The fourth-order valence-corrected chi connectivity index (χ4v) is 1.14. The van der Waals surface area contributed by atoms with E-state index < -0.39 is 6.10 Å². The van der Waals surface area contributed by atoms with Crippen molar-refractivity contribution in [3.8, 4) is 0 Å². The highest BCUT2D eigenvalue weighted by molar-refractivity contribution is 4.82. The van der Waals surface area contributed by atoms with Crippen molar-refractivity contribution in [2.45, 2.75) is 6.10 Å². The van der Waals surface area contributed by atoms with Crippen molar-refractivity contribution in [1.29, 1.82) is 0 Å². The molecule has 0 amide bonds. The average Bonchev–Trinajstić information content (AvgIpc) is 1.79. The Morgan fingerprint density at radius 2 is 2.22 bits per heavy atom. The molecule has 1 atom stereocenters. The first kappa shape index (κ1) is 6.99. The molecule has 1 saturated heterocycles. The Bertz CT molecular complexity index is 91.1. The summed E-state index contributed by atoms with van der Waals surface area (Å²) in [6.07, 6.45) is -0.499. The molecule has 2 N–H and O–H groups in total. The number of nitrogens with zero attached hydrogens (tertiary/aromatic N) is 1. The first-order valence-electron chi connectivity index (χ1n) is 3.21. The van der Waals surface area contributed by atoms with Crippen LogP contribution in [0.2, 0.25) is 0 Å². The molecule has 1 heterocycles. The minimum Gasteiger partial charge on any atom is -0.394 e. The lowest BCUT2D eigenvalue weighted by Crippen LogP contribution is -2.50. The lowest BCUT2D eigenvalue weighted by atomic mass is 9.95. The summed E-state index contributed by atoms with van der Waals surface area (Å²) >= 11 is 0. The zero-order valence-electron chi connectivity index (χ0n) is 5.62. The van der Waals surface area contributed by atoms with Crippen LogP contribution in [0.5, 0.6) is 0 Å². The van der Waals surface area contributed by atoms with Crippen LogP contribution >= 0.6 is 0 Å². The van der Waals surface area contributed by atoms with Gasteiger partial charge in [-0.15, -0.1) is 0 Å². The van der Waals surface area contributed by atoms with Crippen LogP contribution < -0.4 is 0 Å². The van der Waals surface area contributed by atoms with Crippen molar-refractivity contribution in [1.82, 2.24) is 4.90 Å². The highest BCUT2D eigenvalue weighted by atomic mass is 16.3. The molecule has 9 heavy (non-hydrogen) atoms. The molecule has 0 saturated carbocycles. The second kappa shape index (κ2) is 2.64. The van der Waals surface area contributed by atoms with Gasteiger partial charge in [0.25, 0.3) is 0 Å². The predicted octanol–water partition coefficient (Wildman–Crippen LogP) is -1.10. The SMILES string of the molecule is CN1CC(C(O)CO)C1. The predicted molar refractivity (Wildman–Crippen MR) is 34.1 cm³/mol. The van der Waals surface area contributed by atoms with Crippen molar-refractivity contribution >= 4 is 0 Å². The van der Waals surface area contributed by atoms with Crippen LogP contribution in [0.15, 0.2) is 0 Å². The second-order valence-electron chi connectivity index (χ2n) is 2.73. The summed E-state index contributed by atoms with van der Waals surface area (Å²) < 4.78 is 0. The lowest BCUT2D eigenvalue weighted by molar-refractivity contribution is -0.0199. The second-order valence-corrected chi connectivity index (χ2v) is 2.73. The molecule has 1 aliphatic rings. The fraction of sp³-hybridized carbons (Fsp3) is 1.00. The maximum atomic E-state index is 9.02. The minimum atomic E-state index is -0.499. The van der Waals surface area contributed by atoms with Gasteiger partial charge in [-0.05, 0) is 7.05 Å². The third-order valence-corrected chi connectivity index (χ3v) is 1.82. The number of hydrogen-bond donors (Lipinski definition) is 2. The van der Waals surface area contributed by atoms with Gasteiger partial charge in [0.15, 0.2) is 0 Å². The Hall–Kier alpha value is -0.120. The van der Waals surface area contributed by atoms with Crippen LogP contribution in [0.4, 0.5) is 0 Å². The number of hydrogen-bond acceptors (Lipinski definition) is 3. The normalized spacial score (nSPS) is 25.7. The average molecular weight is 131 g/mol. The molecule has 0 aliphatic carbocycles. The molecule has 54 valence electrons. The molecular weight excluding hydrogens is 118 g/mol. The zero-order chi connectivity index (χ0) is 6.85. The Labute approximate surface area is 54.9 Å². The molecule has 1 rings (SSSR count). The molecule has 3 nitrogen and oxygen atoms in total. The third kappa shape index (κ3) is 1.41. The smallest absolute Gasteiger partial charge is 0.0823 e. The van der Waals surface area contributed by atoms with Gasteiger partial charge in [-0.1, -0.05) is 0 Å². The van der Waals surface area contributed by atoms with E-state index in [1.54, 1.807) is 0 Å². The van der Waals surface area contributed by atoms with E-state index >= 15 is 0 Å². The zero-order valence-corrected chi connectivity index (χ0v) is 5.62. The lowest BCUT2D eigenvalue weighted by Gasteiger charge is -2.38. The Morgan fingerprint density at radius 3 is 2.56 bits per heavy atom. The molecule has 0 bridgehead atoms. The summed E-state index contributed by atoms with van der Waals surface area (Å²) in [4.78, 5) is 2.11. The highest BCUT2D eigenvalue weighted by Crippen LogP contribution is 2.16. The summed E-state index contributed by atoms with van der Waals surface area (Å²) in [5, 5.41) is 17.5. The van der Waals surface area contributed by atoms with Gasteiger partial charge in [0.2, 0.25) is 0 Å². The van der Waals surface area contributed by atoms with Gasteiger partial charge in [0.05, 0.1) is 12.7 Å². The quantitative estimate of drug-likeness (QED) is 0.500. The Morgan fingerprint density at radius 1 is 1.67 bits per heavy atom. The summed E-state index contributed by atoms with van der Waals surface area (Å²) in [7, 11) is 2.00. The molecule has 1 aliphatic heterocycles. The largest absolute Gasteiger partial charge is 0.394 e. The maximum absolute atomic E-state index is 9.02. The van der Waals surface area contributed by atoms with Crippen LogP contribution in [-0.4, -0.2) is 48.0 Å². The standard InChI is InChI=1S/C6H13NO2/c1-7-2-5(3-7)6(9)4-8/h5-6,8-9H,2-4H2,1H3. The number of likely N-dealkylation sites (tertiary alicyclic amines) is 1. The van der Waals surface area contributed by atoms with Crippen molar-refractivity contribution < 1.29 is 10.2 Å². The van der Waals surface area contributed by atoms with Gasteiger partial charge in [-0.2, -0.15) is 0 Å². The number of rotatable bonds is 2. The van der Waals surface area contributed by atoms with Gasteiger partial charge >= 0.3 is 0 Å². The monoisotopic (exact) mass is 131 g/mol. The Balaban J connectivity index is 2.15. The van der Waals surface area contributed by atoms with Crippen molar-refractivity contribution in [2.75, 3.05) is 26.7 Å². The first-order chi connectivity index (χ1) is 4.24.